The number of amides is 2. The average Bonchev–Trinajstić information content (AvgIpc) is 2.94. The number of nitrogens with one attached hydrogen (secondary N) is 1. The molecule has 0 aromatic carbocycles. The molecule has 102 valence electrons. The van der Waals surface area contributed by atoms with Gasteiger partial charge in [-0.25, -0.2) is 9.59 Å². The normalized spacial score (nSPS) is 25.3. The SMILES string of the molecule is CC(C)C1(CNC(=O)N2CSCC2C(=O)O)CC1. The standard InChI is InChI=1S/C12H20N2O3S/c1-8(2)12(3-4-12)6-13-11(17)14-7-18-5-9(14)10(15)16/h8-9H,3-7H2,1-2H3,(H,13,17)(H,15,16). The van der Waals surface area contributed by atoms with Crippen LogP contribution in [0.4, 0.5) is 4.79 Å². The van der Waals surface area contributed by atoms with E-state index < -0.39 is 12.0 Å². The van der Waals surface area contributed by atoms with E-state index in [1.165, 1.54) is 16.7 Å². The molecule has 18 heavy (non-hydrogen) atoms. The molecule has 0 aromatic heterocycles. The molecule has 2 amide bonds. The van der Waals surface area contributed by atoms with Gasteiger partial charge in [-0.1, -0.05) is 13.8 Å². The fourth-order valence-corrected chi connectivity index (χ4v) is 3.46. The summed E-state index contributed by atoms with van der Waals surface area (Å²) in [4.78, 5) is 24.4. The van der Waals surface area contributed by atoms with E-state index in [-0.39, 0.29) is 11.4 Å². The zero-order chi connectivity index (χ0) is 13.3. The molecule has 0 radical (unpaired) electrons. The molecule has 1 saturated heterocycles. The number of hydrogen-bond acceptors (Lipinski definition) is 3. The first-order valence-corrected chi connectivity index (χ1v) is 7.47. The van der Waals surface area contributed by atoms with Crippen LogP contribution in [0.1, 0.15) is 26.7 Å². The molecule has 0 aromatic rings. The Balaban J connectivity index is 1.87. The lowest BCUT2D eigenvalue weighted by molar-refractivity contribution is -0.140. The van der Waals surface area contributed by atoms with Gasteiger partial charge in [-0.05, 0) is 24.2 Å². The Labute approximate surface area is 111 Å². The predicted octanol–water partition coefficient (Wildman–Crippen LogP) is 1.59. The molecule has 1 saturated carbocycles. The minimum Gasteiger partial charge on any atom is -0.480 e. The van der Waals surface area contributed by atoms with Crippen LogP contribution < -0.4 is 5.32 Å². The number of carbonyl (C=O) groups is 2. The van der Waals surface area contributed by atoms with Gasteiger partial charge in [0.15, 0.2) is 0 Å². The largest absolute Gasteiger partial charge is 0.480 e. The first-order valence-electron chi connectivity index (χ1n) is 6.31. The van der Waals surface area contributed by atoms with Crippen LogP contribution >= 0.6 is 11.8 Å². The second-order valence-electron chi connectivity index (χ2n) is 5.50. The van der Waals surface area contributed by atoms with Gasteiger partial charge in [0.25, 0.3) is 0 Å². The van der Waals surface area contributed by atoms with Crippen LogP contribution in [0.2, 0.25) is 0 Å². The van der Waals surface area contributed by atoms with E-state index >= 15 is 0 Å². The highest BCUT2D eigenvalue weighted by molar-refractivity contribution is 7.99. The number of urea groups is 1. The third kappa shape index (κ3) is 2.58. The summed E-state index contributed by atoms with van der Waals surface area (Å²) in [6.45, 7) is 5.01. The maximum absolute atomic E-state index is 12.0. The van der Waals surface area contributed by atoms with Gasteiger partial charge in [-0.2, -0.15) is 0 Å². The van der Waals surface area contributed by atoms with Crippen LogP contribution in [0.15, 0.2) is 0 Å². The summed E-state index contributed by atoms with van der Waals surface area (Å²) in [5.41, 5.74) is 0.251. The van der Waals surface area contributed by atoms with Crippen LogP contribution in [0, 0.1) is 11.3 Å². The lowest BCUT2D eigenvalue weighted by Gasteiger charge is -2.24. The molecule has 2 aliphatic rings. The van der Waals surface area contributed by atoms with Gasteiger partial charge in [0.05, 0.1) is 5.88 Å². The van der Waals surface area contributed by atoms with Crippen molar-refractivity contribution in [2.75, 3.05) is 18.2 Å². The third-order valence-electron chi connectivity index (χ3n) is 4.14. The topological polar surface area (TPSA) is 69.6 Å². The molecule has 1 aliphatic heterocycles. The maximum atomic E-state index is 12.0. The Morgan fingerprint density at radius 2 is 2.17 bits per heavy atom. The molecule has 2 rings (SSSR count). The Kier molecular flexibility index (Phi) is 3.75. The average molecular weight is 272 g/mol. The summed E-state index contributed by atoms with van der Waals surface area (Å²) in [5, 5.41) is 11.9. The molecular formula is C12H20N2O3S. The van der Waals surface area contributed by atoms with Gasteiger partial charge < -0.3 is 15.3 Å². The lowest BCUT2D eigenvalue weighted by atomic mass is 9.92. The summed E-state index contributed by atoms with van der Waals surface area (Å²) in [6, 6.07) is -0.913. The lowest BCUT2D eigenvalue weighted by Crippen LogP contribution is -2.48. The number of hydrogen-bond donors (Lipinski definition) is 2. The predicted molar refractivity (Wildman–Crippen MR) is 70.5 cm³/mol. The third-order valence-corrected chi connectivity index (χ3v) is 5.15. The molecule has 1 unspecified atom stereocenters. The molecule has 0 spiro atoms. The first-order chi connectivity index (χ1) is 8.46. The Morgan fingerprint density at radius 1 is 1.50 bits per heavy atom. The van der Waals surface area contributed by atoms with Gasteiger partial charge >= 0.3 is 12.0 Å². The van der Waals surface area contributed by atoms with Crippen molar-refractivity contribution in [3.8, 4) is 0 Å². The first kappa shape index (κ1) is 13.5. The monoisotopic (exact) mass is 272 g/mol. The van der Waals surface area contributed by atoms with Crippen LogP contribution in [-0.4, -0.2) is 46.2 Å². The van der Waals surface area contributed by atoms with Gasteiger partial charge in [0.1, 0.15) is 6.04 Å². The van der Waals surface area contributed by atoms with Gasteiger partial charge in [0, 0.05) is 12.3 Å². The zero-order valence-electron chi connectivity index (χ0n) is 10.8. The summed E-state index contributed by atoms with van der Waals surface area (Å²) in [7, 11) is 0. The van der Waals surface area contributed by atoms with Crippen LogP contribution in [0.3, 0.4) is 0 Å². The van der Waals surface area contributed by atoms with E-state index in [4.69, 9.17) is 5.11 Å². The fourth-order valence-electron chi connectivity index (χ4n) is 2.32. The number of aliphatic carboxylic acids is 1. The van der Waals surface area contributed by atoms with Crippen LogP contribution in [-0.2, 0) is 4.79 Å². The van der Waals surface area contributed by atoms with E-state index in [1.54, 1.807) is 0 Å². The number of nitrogens with zero attached hydrogens (tertiary/aromatic N) is 1. The second-order valence-corrected chi connectivity index (χ2v) is 6.50. The molecule has 1 atom stereocenters. The molecular weight excluding hydrogens is 252 g/mol. The summed E-state index contributed by atoms with van der Waals surface area (Å²) < 4.78 is 0. The number of rotatable bonds is 4. The number of thioether (sulfide) groups is 1. The number of carbonyl (C=O) groups excluding carboxylic acids is 1. The maximum Gasteiger partial charge on any atom is 0.327 e. The highest BCUT2D eigenvalue weighted by Gasteiger charge is 2.46. The van der Waals surface area contributed by atoms with Gasteiger partial charge in [0.2, 0.25) is 0 Å². The molecule has 2 N–H and O–H groups in total. The number of carboxylic acids is 1. The van der Waals surface area contributed by atoms with Crippen molar-refractivity contribution in [2.45, 2.75) is 32.7 Å². The Hall–Kier alpha value is -0.910. The van der Waals surface area contributed by atoms with E-state index in [1.807, 2.05) is 0 Å². The highest BCUT2D eigenvalue weighted by atomic mass is 32.2. The quantitative estimate of drug-likeness (QED) is 0.815. The van der Waals surface area contributed by atoms with Crippen LogP contribution in [0.5, 0.6) is 0 Å². The minimum absolute atomic E-state index is 0.237. The molecule has 0 bridgehead atoms. The Morgan fingerprint density at radius 3 is 2.67 bits per heavy atom. The smallest absolute Gasteiger partial charge is 0.327 e. The van der Waals surface area contributed by atoms with Crippen molar-refractivity contribution in [3.63, 3.8) is 0 Å². The van der Waals surface area contributed by atoms with Crippen molar-refractivity contribution in [1.82, 2.24) is 10.2 Å². The molecule has 1 heterocycles. The van der Waals surface area contributed by atoms with E-state index in [0.717, 1.165) is 12.8 Å². The van der Waals surface area contributed by atoms with E-state index in [2.05, 4.69) is 19.2 Å². The van der Waals surface area contributed by atoms with Crippen molar-refractivity contribution in [2.24, 2.45) is 11.3 Å². The van der Waals surface area contributed by atoms with E-state index in [0.29, 0.717) is 24.1 Å². The van der Waals surface area contributed by atoms with E-state index in [9.17, 15) is 9.59 Å². The van der Waals surface area contributed by atoms with Crippen LogP contribution in [0.25, 0.3) is 0 Å². The number of carboxylic acid groups (broad SMARTS) is 1. The minimum atomic E-state index is -0.917. The zero-order valence-corrected chi connectivity index (χ0v) is 11.6. The Bertz CT molecular complexity index is 355. The summed E-state index contributed by atoms with van der Waals surface area (Å²) in [6.07, 6.45) is 2.31. The van der Waals surface area contributed by atoms with Crippen molar-refractivity contribution >= 4 is 23.8 Å². The summed E-state index contributed by atoms with van der Waals surface area (Å²) in [5.74, 6) is 0.594. The molecule has 6 heteroatoms. The molecule has 2 fully saturated rings. The molecule has 5 nitrogen and oxygen atoms in total. The van der Waals surface area contributed by atoms with Crippen molar-refractivity contribution in [3.05, 3.63) is 0 Å². The van der Waals surface area contributed by atoms with Crippen molar-refractivity contribution < 1.29 is 14.7 Å². The highest BCUT2D eigenvalue weighted by Crippen LogP contribution is 2.51. The summed E-state index contributed by atoms with van der Waals surface area (Å²) >= 11 is 1.49. The van der Waals surface area contributed by atoms with Crippen molar-refractivity contribution in [1.29, 1.82) is 0 Å². The van der Waals surface area contributed by atoms with Gasteiger partial charge in [-0.15, -0.1) is 11.8 Å². The fraction of sp³-hybridized carbons (Fsp3) is 0.833. The molecule has 1 aliphatic carbocycles. The van der Waals surface area contributed by atoms with Gasteiger partial charge in [-0.3, -0.25) is 0 Å². The second kappa shape index (κ2) is 4.99.